The molecule has 0 fully saturated rings. The lowest BCUT2D eigenvalue weighted by atomic mass is 10.0. The molecule has 0 saturated heterocycles. The highest BCUT2D eigenvalue weighted by atomic mass is 19.4. The third-order valence-electron chi connectivity index (χ3n) is 3.82. The highest BCUT2D eigenvalue weighted by Crippen LogP contribution is 2.34. The number of aromatic nitrogens is 2. The second-order valence-electron chi connectivity index (χ2n) is 5.74. The van der Waals surface area contributed by atoms with Crippen molar-refractivity contribution in [3.63, 3.8) is 0 Å². The molecule has 3 aromatic rings. The van der Waals surface area contributed by atoms with Crippen LogP contribution in [0.25, 0.3) is 22.4 Å². The van der Waals surface area contributed by atoms with E-state index in [1.165, 1.54) is 42.5 Å². The Kier molecular flexibility index (Phi) is 5.06. The third-order valence-corrected chi connectivity index (χ3v) is 3.82. The topological polar surface area (TPSA) is 111 Å². The molecule has 1 aromatic heterocycles. The van der Waals surface area contributed by atoms with Gasteiger partial charge in [0.25, 0.3) is 11.5 Å². The largest absolute Gasteiger partial charge is 0.573 e. The average molecular weight is 400 g/mol. The zero-order chi connectivity index (χ0) is 21.2. The molecular formula is C19H11F3N4O3. The first kappa shape index (κ1) is 19.6. The van der Waals surface area contributed by atoms with Crippen molar-refractivity contribution in [3.05, 3.63) is 70.8 Å². The molecule has 0 atom stereocenters. The molecule has 3 rings (SSSR count). The number of carbonyl (C=O) groups is 1. The quantitative estimate of drug-likeness (QED) is 0.724. The maximum absolute atomic E-state index is 12.7. The Morgan fingerprint density at radius 1 is 1.14 bits per heavy atom. The monoisotopic (exact) mass is 400 g/mol. The number of nitrogens with zero attached hydrogens (tertiary/aromatic N) is 3. The Hall–Kier alpha value is -4.13. The predicted molar refractivity (Wildman–Crippen MR) is 95.6 cm³/mol. The molecule has 2 aromatic carbocycles. The van der Waals surface area contributed by atoms with Crippen molar-refractivity contribution in [1.29, 1.82) is 5.26 Å². The molecule has 0 saturated carbocycles. The van der Waals surface area contributed by atoms with E-state index in [1.807, 2.05) is 0 Å². The lowest BCUT2D eigenvalue weighted by Crippen LogP contribution is -2.25. The Morgan fingerprint density at radius 3 is 2.48 bits per heavy atom. The number of hydrogen-bond donors (Lipinski definition) is 1. The Bertz CT molecular complexity index is 1200. The standard InChI is InChI=1S/C19H11F3N4O3/c20-19(21,22)29-15-7-2-1-6-13(15)11-4-3-5-12(8-11)16-18(28)26(10-23)9-14(25-16)17(24)27/h1-9H,(H2,24,27). The van der Waals surface area contributed by atoms with Crippen molar-refractivity contribution in [2.75, 3.05) is 0 Å². The van der Waals surface area contributed by atoms with E-state index in [9.17, 15) is 22.8 Å². The van der Waals surface area contributed by atoms with E-state index in [2.05, 4.69) is 9.72 Å². The summed E-state index contributed by atoms with van der Waals surface area (Å²) in [5, 5.41) is 9.08. The summed E-state index contributed by atoms with van der Waals surface area (Å²) in [5.74, 6) is -1.37. The van der Waals surface area contributed by atoms with Gasteiger partial charge in [-0.1, -0.05) is 36.4 Å². The van der Waals surface area contributed by atoms with Gasteiger partial charge in [0, 0.05) is 11.1 Å². The van der Waals surface area contributed by atoms with Crippen molar-refractivity contribution in [2.45, 2.75) is 6.36 Å². The minimum absolute atomic E-state index is 0.123. The lowest BCUT2D eigenvalue weighted by molar-refractivity contribution is -0.274. The van der Waals surface area contributed by atoms with Gasteiger partial charge < -0.3 is 10.5 Å². The molecule has 0 aliphatic carbocycles. The van der Waals surface area contributed by atoms with Gasteiger partial charge in [0.05, 0.1) is 6.20 Å². The summed E-state index contributed by atoms with van der Waals surface area (Å²) in [6, 6.07) is 11.4. The molecule has 2 N–H and O–H groups in total. The number of primary amides is 1. The van der Waals surface area contributed by atoms with Crippen molar-refractivity contribution in [3.8, 4) is 34.3 Å². The van der Waals surface area contributed by atoms with E-state index in [1.54, 1.807) is 6.19 Å². The molecule has 1 amide bonds. The number of para-hydroxylation sites is 1. The molecule has 1 heterocycles. The number of ether oxygens (including phenoxy) is 1. The summed E-state index contributed by atoms with van der Waals surface area (Å²) >= 11 is 0. The first-order valence-corrected chi connectivity index (χ1v) is 7.99. The number of carbonyl (C=O) groups excluding carboxylic acids is 1. The van der Waals surface area contributed by atoms with Crippen molar-refractivity contribution in [1.82, 2.24) is 9.55 Å². The van der Waals surface area contributed by atoms with Gasteiger partial charge >= 0.3 is 6.36 Å². The maximum atomic E-state index is 12.7. The predicted octanol–water partition coefficient (Wildman–Crippen LogP) is 2.90. The molecule has 0 radical (unpaired) electrons. The number of benzene rings is 2. The van der Waals surface area contributed by atoms with E-state index < -0.39 is 23.6 Å². The van der Waals surface area contributed by atoms with Gasteiger partial charge in [0.1, 0.15) is 17.1 Å². The van der Waals surface area contributed by atoms with Crippen LogP contribution in [0.2, 0.25) is 0 Å². The highest BCUT2D eigenvalue weighted by Gasteiger charge is 2.32. The molecule has 0 bridgehead atoms. The lowest BCUT2D eigenvalue weighted by Gasteiger charge is -2.14. The molecule has 29 heavy (non-hydrogen) atoms. The minimum atomic E-state index is -4.88. The second-order valence-corrected chi connectivity index (χ2v) is 5.74. The van der Waals surface area contributed by atoms with E-state index in [0.717, 1.165) is 12.3 Å². The van der Waals surface area contributed by atoms with Crippen LogP contribution in [0.5, 0.6) is 5.75 Å². The van der Waals surface area contributed by atoms with Gasteiger partial charge in [-0.25, -0.2) is 9.55 Å². The molecule has 0 aliphatic heterocycles. The van der Waals surface area contributed by atoms with Crippen LogP contribution in [-0.4, -0.2) is 21.8 Å². The van der Waals surface area contributed by atoms with E-state index in [4.69, 9.17) is 11.0 Å². The number of hydrogen-bond acceptors (Lipinski definition) is 5. The van der Waals surface area contributed by atoms with E-state index >= 15 is 0 Å². The molecule has 7 nitrogen and oxygen atoms in total. The van der Waals surface area contributed by atoms with Crippen LogP contribution in [0.3, 0.4) is 0 Å². The zero-order valence-electron chi connectivity index (χ0n) is 14.5. The van der Waals surface area contributed by atoms with E-state index in [0.29, 0.717) is 10.1 Å². The summed E-state index contributed by atoms with van der Waals surface area (Å²) in [6.45, 7) is 0. The summed E-state index contributed by atoms with van der Waals surface area (Å²) in [7, 11) is 0. The summed E-state index contributed by atoms with van der Waals surface area (Å²) in [5.41, 5.74) is 4.42. The molecule has 10 heteroatoms. The Balaban J connectivity index is 2.17. The molecule has 146 valence electrons. The SMILES string of the molecule is N#Cn1cc(C(N)=O)nc(-c2cccc(-c3ccccc3OC(F)(F)F)c2)c1=O. The van der Waals surface area contributed by atoms with Crippen LogP contribution < -0.4 is 16.0 Å². The fourth-order valence-electron chi connectivity index (χ4n) is 2.63. The van der Waals surface area contributed by atoms with Crippen molar-refractivity contribution in [2.24, 2.45) is 5.73 Å². The number of nitrogens with two attached hydrogens (primary N) is 1. The van der Waals surface area contributed by atoms with Gasteiger partial charge in [-0.05, 0) is 17.7 Å². The second kappa shape index (κ2) is 7.47. The normalized spacial score (nSPS) is 11.0. The van der Waals surface area contributed by atoms with Crippen LogP contribution in [0.15, 0.2) is 59.5 Å². The molecular weight excluding hydrogens is 389 g/mol. The highest BCUT2D eigenvalue weighted by molar-refractivity contribution is 5.91. The first-order valence-electron chi connectivity index (χ1n) is 7.99. The van der Waals surface area contributed by atoms with Gasteiger partial charge in [-0.2, -0.15) is 5.26 Å². The van der Waals surface area contributed by atoms with Crippen molar-refractivity contribution < 1.29 is 22.7 Å². The molecule has 0 unspecified atom stereocenters. The fourth-order valence-corrected chi connectivity index (χ4v) is 2.63. The van der Waals surface area contributed by atoms with Gasteiger partial charge in [0.2, 0.25) is 0 Å². The fraction of sp³-hybridized carbons (Fsp3) is 0.0526. The summed E-state index contributed by atoms with van der Waals surface area (Å²) < 4.78 is 42.7. The summed E-state index contributed by atoms with van der Waals surface area (Å²) in [4.78, 5) is 27.8. The van der Waals surface area contributed by atoms with E-state index in [-0.39, 0.29) is 22.5 Å². The van der Waals surface area contributed by atoms with Crippen LogP contribution >= 0.6 is 0 Å². The van der Waals surface area contributed by atoms with Gasteiger partial charge in [-0.3, -0.25) is 9.59 Å². The number of halogens is 3. The number of rotatable bonds is 4. The minimum Gasteiger partial charge on any atom is -0.405 e. The molecule has 0 spiro atoms. The zero-order valence-corrected chi connectivity index (χ0v) is 14.5. The molecule has 0 aliphatic rings. The third kappa shape index (κ3) is 4.24. The van der Waals surface area contributed by atoms with Crippen LogP contribution in [-0.2, 0) is 0 Å². The smallest absolute Gasteiger partial charge is 0.405 e. The number of amides is 1. The van der Waals surface area contributed by atoms with Crippen molar-refractivity contribution >= 4 is 5.91 Å². The Morgan fingerprint density at radius 2 is 1.83 bits per heavy atom. The average Bonchev–Trinajstić information content (AvgIpc) is 2.67. The number of nitriles is 1. The Labute approximate surface area is 161 Å². The summed E-state index contributed by atoms with van der Waals surface area (Å²) in [6.07, 6.45) is -2.38. The van der Waals surface area contributed by atoms with Crippen LogP contribution in [0.4, 0.5) is 13.2 Å². The maximum Gasteiger partial charge on any atom is 0.573 e. The van der Waals surface area contributed by atoms with Gasteiger partial charge in [0.15, 0.2) is 6.19 Å². The first-order chi connectivity index (χ1) is 13.7. The van der Waals surface area contributed by atoms with Crippen LogP contribution in [0.1, 0.15) is 10.5 Å². The number of alkyl halides is 3. The van der Waals surface area contributed by atoms with Crippen LogP contribution in [0, 0.1) is 11.5 Å². The van der Waals surface area contributed by atoms with Gasteiger partial charge in [-0.15, -0.1) is 13.2 Å².